The molecule has 0 N–H and O–H groups in total. The van der Waals surface area contributed by atoms with Crippen molar-refractivity contribution in [3.63, 3.8) is 0 Å². The van der Waals surface area contributed by atoms with Gasteiger partial charge in [-0.2, -0.15) is 0 Å². The Labute approximate surface area is 173 Å². The summed E-state index contributed by atoms with van der Waals surface area (Å²) in [4.78, 5) is 14.0. The van der Waals surface area contributed by atoms with Gasteiger partial charge in [0.05, 0.1) is 13.4 Å². The lowest BCUT2D eigenvalue weighted by Gasteiger charge is -2.25. The molecule has 4 nitrogen and oxygen atoms in total. The summed E-state index contributed by atoms with van der Waals surface area (Å²) in [5, 5.41) is 0. The standard InChI is InChI=1S/C25H29NO3/c1-19-9-4-6-12-22(19)24(23-13-7-5-10-20(23)2)18-29-16-15-26-14-8-11-21(17-26)25(27)28-3/h4-7,9-13,18H,8,14-17H2,1-3H3. The van der Waals surface area contributed by atoms with Crippen LogP contribution in [0.3, 0.4) is 0 Å². The minimum Gasteiger partial charge on any atom is -0.499 e. The fourth-order valence-electron chi connectivity index (χ4n) is 3.62. The second-order valence-electron chi connectivity index (χ2n) is 7.32. The minimum atomic E-state index is -0.239. The number of ether oxygens (including phenoxy) is 2. The summed E-state index contributed by atoms with van der Waals surface area (Å²) in [6.45, 7) is 7.11. The summed E-state index contributed by atoms with van der Waals surface area (Å²) in [7, 11) is 1.43. The number of hydrogen-bond donors (Lipinski definition) is 0. The van der Waals surface area contributed by atoms with E-state index in [1.54, 1.807) is 0 Å². The number of aryl methyl sites for hydroxylation is 2. The number of carbonyl (C=O) groups excluding carboxylic acids is 1. The van der Waals surface area contributed by atoms with Crippen LogP contribution in [0.5, 0.6) is 0 Å². The summed E-state index contributed by atoms with van der Waals surface area (Å²) in [6, 6.07) is 16.7. The normalized spacial score (nSPS) is 14.1. The molecule has 0 unspecified atom stereocenters. The molecule has 2 aromatic rings. The molecule has 0 radical (unpaired) electrons. The summed E-state index contributed by atoms with van der Waals surface area (Å²) in [5.74, 6) is -0.239. The van der Waals surface area contributed by atoms with Crippen LogP contribution < -0.4 is 0 Å². The van der Waals surface area contributed by atoms with Gasteiger partial charge in [-0.15, -0.1) is 0 Å². The maximum atomic E-state index is 11.8. The van der Waals surface area contributed by atoms with E-state index in [0.29, 0.717) is 13.2 Å². The Balaban J connectivity index is 1.70. The highest BCUT2D eigenvalue weighted by Gasteiger charge is 2.18. The molecule has 3 rings (SSSR count). The summed E-state index contributed by atoms with van der Waals surface area (Å²) in [6.07, 6.45) is 4.71. The number of nitrogens with zero attached hydrogens (tertiary/aromatic N) is 1. The van der Waals surface area contributed by atoms with Gasteiger partial charge in [0, 0.05) is 30.8 Å². The third kappa shape index (κ3) is 5.36. The molecule has 0 atom stereocenters. The van der Waals surface area contributed by atoms with Gasteiger partial charge in [0.15, 0.2) is 0 Å². The lowest BCUT2D eigenvalue weighted by atomic mass is 9.93. The monoisotopic (exact) mass is 391 g/mol. The SMILES string of the molecule is COC(=O)C1=CCCN(CCOC=C(c2ccccc2C)c2ccccc2C)C1. The van der Waals surface area contributed by atoms with Gasteiger partial charge >= 0.3 is 5.97 Å². The van der Waals surface area contributed by atoms with Crippen molar-refractivity contribution in [1.29, 1.82) is 0 Å². The van der Waals surface area contributed by atoms with Crippen molar-refractivity contribution in [3.05, 3.63) is 88.7 Å². The maximum absolute atomic E-state index is 11.8. The smallest absolute Gasteiger partial charge is 0.334 e. The van der Waals surface area contributed by atoms with Gasteiger partial charge in [-0.3, -0.25) is 4.90 Å². The zero-order valence-electron chi connectivity index (χ0n) is 17.5. The quantitative estimate of drug-likeness (QED) is 0.395. The third-order valence-corrected chi connectivity index (χ3v) is 5.27. The Bertz CT molecular complexity index is 866. The lowest BCUT2D eigenvalue weighted by molar-refractivity contribution is -0.136. The minimum absolute atomic E-state index is 0.239. The molecule has 152 valence electrons. The van der Waals surface area contributed by atoms with Gasteiger partial charge in [0.1, 0.15) is 6.61 Å². The number of rotatable bonds is 7. The van der Waals surface area contributed by atoms with E-state index in [1.165, 1.54) is 29.4 Å². The van der Waals surface area contributed by atoms with E-state index in [1.807, 2.05) is 12.3 Å². The molecule has 1 aliphatic heterocycles. The number of esters is 1. The molecule has 0 spiro atoms. The molecule has 0 aliphatic carbocycles. The van der Waals surface area contributed by atoms with Gasteiger partial charge in [-0.1, -0.05) is 54.6 Å². The van der Waals surface area contributed by atoms with E-state index < -0.39 is 0 Å². The Morgan fingerprint density at radius 2 is 1.66 bits per heavy atom. The average Bonchev–Trinajstić information content (AvgIpc) is 2.75. The van der Waals surface area contributed by atoms with Crippen LogP contribution in [0, 0.1) is 13.8 Å². The molecule has 2 aromatic carbocycles. The summed E-state index contributed by atoms with van der Waals surface area (Å²) >= 11 is 0. The van der Waals surface area contributed by atoms with Crippen molar-refractivity contribution < 1.29 is 14.3 Å². The van der Waals surface area contributed by atoms with Crippen LogP contribution in [-0.2, 0) is 14.3 Å². The zero-order chi connectivity index (χ0) is 20.6. The summed E-state index contributed by atoms with van der Waals surface area (Å²) in [5.41, 5.74) is 6.61. The number of benzene rings is 2. The zero-order valence-corrected chi connectivity index (χ0v) is 17.5. The molecule has 0 bridgehead atoms. The van der Waals surface area contributed by atoms with E-state index >= 15 is 0 Å². The van der Waals surface area contributed by atoms with Gasteiger partial charge in [0.25, 0.3) is 0 Å². The van der Waals surface area contributed by atoms with Gasteiger partial charge in [0.2, 0.25) is 0 Å². The van der Waals surface area contributed by atoms with Crippen LogP contribution in [0.4, 0.5) is 0 Å². The van der Waals surface area contributed by atoms with Crippen LogP contribution >= 0.6 is 0 Å². The van der Waals surface area contributed by atoms with Crippen LogP contribution in [0.2, 0.25) is 0 Å². The first-order valence-electron chi connectivity index (χ1n) is 10.0. The molecule has 0 saturated carbocycles. The average molecular weight is 392 g/mol. The maximum Gasteiger partial charge on any atom is 0.334 e. The molecular formula is C25H29NO3. The van der Waals surface area contributed by atoms with Crippen molar-refractivity contribution in [3.8, 4) is 0 Å². The van der Waals surface area contributed by atoms with E-state index in [0.717, 1.165) is 30.7 Å². The van der Waals surface area contributed by atoms with E-state index in [4.69, 9.17) is 9.47 Å². The van der Waals surface area contributed by atoms with Crippen molar-refractivity contribution in [2.75, 3.05) is 33.4 Å². The van der Waals surface area contributed by atoms with Crippen LogP contribution in [0.25, 0.3) is 5.57 Å². The Kier molecular flexibility index (Phi) is 7.25. The molecule has 0 saturated heterocycles. The number of hydrogen-bond acceptors (Lipinski definition) is 4. The Morgan fingerprint density at radius 3 is 2.24 bits per heavy atom. The van der Waals surface area contributed by atoms with Crippen molar-refractivity contribution >= 4 is 11.5 Å². The highest BCUT2D eigenvalue weighted by molar-refractivity contribution is 5.89. The Morgan fingerprint density at radius 1 is 1.03 bits per heavy atom. The van der Waals surface area contributed by atoms with Crippen molar-refractivity contribution in [1.82, 2.24) is 4.90 Å². The molecular weight excluding hydrogens is 362 g/mol. The number of methoxy groups -OCH3 is 1. The van der Waals surface area contributed by atoms with E-state index in [-0.39, 0.29) is 5.97 Å². The molecule has 0 amide bonds. The second kappa shape index (κ2) is 10.1. The molecule has 0 fully saturated rings. The van der Waals surface area contributed by atoms with Gasteiger partial charge in [-0.05, 0) is 42.5 Å². The second-order valence-corrected chi connectivity index (χ2v) is 7.32. The molecule has 1 heterocycles. The van der Waals surface area contributed by atoms with Crippen LogP contribution in [0.15, 0.2) is 66.4 Å². The van der Waals surface area contributed by atoms with E-state index in [2.05, 4.69) is 67.3 Å². The van der Waals surface area contributed by atoms with Crippen molar-refractivity contribution in [2.24, 2.45) is 0 Å². The molecule has 4 heteroatoms. The van der Waals surface area contributed by atoms with Crippen LogP contribution in [-0.4, -0.2) is 44.2 Å². The first-order chi connectivity index (χ1) is 14.1. The van der Waals surface area contributed by atoms with Crippen LogP contribution in [0.1, 0.15) is 28.7 Å². The first kappa shape index (κ1) is 20.9. The van der Waals surface area contributed by atoms with Gasteiger partial charge < -0.3 is 9.47 Å². The Hall–Kier alpha value is -2.85. The topological polar surface area (TPSA) is 38.8 Å². The highest BCUT2D eigenvalue weighted by Crippen LogP contribution is 2.28. The van der Waals surface area contributed by atoms with Crippen molar-refractivity contribution in [2.45, 2.75) is 20.3 Å². The lowest BCUT2D eigenvalue weighted by Crippen LogP contribution is -2.34. The molecule has 0 aromatic heterocycles. The molecule has 29 heavy (non-hydrogen) atoms. The largest absolute Gasteiger partial charge is 0.499 e. The number of carbonyl (C=O) groups is 1. The molecule has 1 aliphatic rings. The fourth-order valence-corrected chi connectivity index (χ4v) is 3.62. The third-order valence-electron chi connectivity index (χ3n) is 5.27. The fraction of sp³-hybridized carbons (Fsp3) is 0.320. The predicted octanol–water partition coefficient (Wildman–Crippen LogP) is 4.51. The highest BCUT2D eigenvalue weighted by atomic mass is 16.5. The summed E-state index contributed by atoms with van der Waals surface area (Å²) < 4.78 is 10.8. The van der Waals surface area contributed by atoms with Gasteiger partial charge in [-0.25, -0.2) is 4.79 Å². The van der Waals surface area contributed by atoms with E-state index in [9.17, 15) is 4.79 Å². The first-order valence-corrected chi connectivity index (χ1v) is 10.0. The predicted molar refractivity (Wildman–Crippen MR) is 117 cm³/mol.